The first-order chi connectivity index (χ1) is 8.99. The van der Waals surface area contributed by atoms with E-state index in [1.807, 2.05) is 0 Å². The lowest BCUT2D eigenvalue weighted by atomic mass is 10.00. The van der Waals surface area contributed by atoms with Crippen LogP contribution in [-0.2, 0) is 20.9 Å². The number of imide groups is 1. The minimum absolute atomic E-state index is 0.145. The van der Waals surface area contributed by atoms with E-state index < -0.39 is 11.9 Å². The first-order valence-electron chi connectivity index (χ1n) is 6.14. The molecule has 0 aromatic heterocycles. The van der Waals surface area contributed by atoms with Gasteiger partial charge >= 0.3 is 5.97 Å². The summed E-state index contributed by atoms with van der Waals surface area (Å²) >= 11 is 0. The number of carboxylic acids is 1. The normalized spacial score (nSPS) is 16.8. The summed E-state index contributed by atoms with van der Waals surface area (Å²) in [6.45, 7) is 1.88. The van der Waals surface area contributed by atoms with Crippen LogP contribution in [0.4, 0.5) is 0 Å². The number of hydrogen-bond acceptors (Lipinski definition) is 3. The van der Waals surface area contributed by atoms with E-state index in [4.69, 9.17) is 5.11 Å². The summed E-state index contributed by atoms with van der Waals surface area (Å²) in [4.78, 5) is 35.1. The maximum Gasteiger partial charge on any atom is 0.310 e. The largest absolute Gasteiger partial charge is 0.481 e. The molecule has 1 aromatic rings. The van der Waals surface area contributed by atoms with E-state index in [1.54, 1.807) is 31.2 Å². The van der Waals surface area contributed by atoms with Crippen molar-refractivity contribution < 1.29 is 19.5 Å². The number of carboxylic acid groups (broad SMARTS) is 1. The summed E-state index contributed by atoms with van der Waals surface area (Å²) in [5.74, 6) is -1.73. The Labute approximate surface area is 110 Å². The number of aliphatic carboxylic acids is 1. The zero-order valence-electron chi connectivity index (χ0n) is 10.6. The van der Waals surface area contributed by atoms with Gasteiger partial charge in [-0.2, -0.15) is 0 Å². The van der Waals surface area contributed by atoms with Gasteiger partial charge in [0.1, 0.15) is 0 Å². The second-order valence-corrected chi connectivity index (χ2v) is 4.68. The summed E-state index contributed by atoms with van der Waals surface area (Å²) < 4.78 is 0. The van der Waals surface area contributed by atoms with Crippen LogP contribution < -0.4 is 0 Å². The molecule has 0 aliphatic carbocycles. The Morgan fingerprint density at radius 2 is 1.74 bits per heavy atom. The van der Waals surface area contributed by atoms with Gasteiger partial charge in [-0.15, -0.1) is 0 Å². The molecule has 1 fully saturated rings. The zero-order valence-corrected chi connectivity index (χ0v) is 10.6. The quantitative estimate of drug-likeness (QED) is 0.834. The smallest absolute Gasteiger partial charge is 0.310 e. The fourth-order valence-electron chi connectivity index (χ4n) is 2.04. The highest BCUT2D eigenvalue weighted by Crippen LogP contribution is 2.19. The molecular formula is C14H15NO4. The molecule has 2 rings (SSSR count). The lowest BCUT2D eigenvalue weighted by Gasteiger charge is -2.14. The summed E-state index contributed by atoms with van der Waals surface area (Å²) in [7, 11) is 0. The Hall–Kier alpha value is -2.17. The maximum absolute atomic E-state index is 11.5. The molecule has 1 N–H and O–H groups in total. The minimum Gasteiger partial charge on any atom is -0.481 e. The number of amides is 2. The van der Waals surface area contributed by atoms with Gasteiger partial charge in [0.05, 0.1) is 12.5 Å². The lowest BCUT2D eigenvalue weighted by Crippen LogP contribution is -2.28. The average molecular weight is 261 g/mol. The van der Waals surface area contributed by atoms with Crippen molar-refractivity contribution in [2.45, 2.75) is 32.2 Å². The van der Waals surface area contributed by atoms with E-state index in [2.05, 4.69) is 0 Å². The van der Waals surface area contributed by atoms with E-state index in [0.29, 0.717) is 5.56 Å². The number of hydrogen-bond donors (Lipinski definition) is 1. The van der Waals surface area contributed by atoms with E-state index in [-0.39, 0.29) is 31.2 Å². The van der Waals surface area contributed by atoms with Gasteiger partial charge < -0.3 is 5.11 Å². The second kappa shape index (κ2) is 5.22. The molecule has 1 aromatic carbocycles. The number of benzene rings is 1. The summed E-state index contributed by atoms with van der Waals surface area (Å²) in [5, 5.41) is 8.91. The molecular weight excluding hydrogens is 246 g/mol. The van der Waals surface area contributed by atoms with Crippen molar-refractivity contribution in [3.63, 3.8) is 0 Å². The molecule has 19 heavy (non-hydrogen) atoms. The Bertz CT molecular complexity index is 505. The monoisotopic (exact) mass is 261 g/mol. The van der Waals surface area contributed by atoms with Gasteiger partial charge in [-0.3, -0.25) is 19.3 Å². The van der Waals surface area contributed by atoms with Crippen molar-refractivity contribution in [1.82, 2.24) is 4.90 Å². The van der Waals surface area contributed by atoms with Crippen LogP contribution in [0.1, 0.15) is 36.8 Å². The van der Waals surface area contributed by atoms with Crippen LogP contribution in [-0.4, -0.2) is 27.8 Å². The van der Waals surface area contributed by atoms with Gasteiger partial charge in [0, 0.05) is 12.8 Å². The number of carbonyl (C=O) groups excluding carboxylic acids is 2. The number of rotatable bonds is 4. The van der Waals surface area contributed by atoms with Crippen LogP contribution in [0.2, 0.25) is 0 Å². The van der Waals surface area contributed by atoms with Crippen LogP contribution in [0.3, 0.4) is 0 Å². The lowest BCUT2D eigenvalue weighted by molar-refractivity contribution is -0.139. The van der Waals surface area contributed by atoms with E-state index in [1.165, 1.54) is 4.90 Å². The molecule has 0 spiro atoms. The van der Waals surface area contributed by atoms with Crippen LogP contribution in [0.5, 0.6) is 0 Å². The Kier molecular flexibility index (Phi) is 3.64. The van der Waals surface area contributed by atoms with Crippen LogP contribution in [0, 0.1) is 0 Å². The van der Waals surface area contributed by atoms with Gasteiger partial charge in [-0.05, 0) is 18.1 Å². The van der Waals surface area contributed by atoms with Gasteiger partial charge in [0.2, 0.25) is 11.8 Å². The molecule has 100 valence electrons. The molecule has 1 unspecified atom stereocenters. The number of likely N-dealkylation sites (tertiary alicyclic amines) is 1. The molecule has 5 heteroatoms. The SMILES string of the molecule is CC(C(=O)O)c1ccc(CN2C(=O)CCC2=O)cc1. The summed E-state index contributed by atoms with van der Waals surface area (Å²) in [5.41, 5.74) is 1.53. The van der Waals surface area contributed by atoms with Crippen molar-refractivity contribution in [3.05, 3.63) is 35.4 Å². The van der Waals surface area contributed by atoms with Crippen molar-refractivity contribution in [3.8, 4) is 0 Å². The van der Waals surface area contributed by atoms with E-state index in [0.717, 1.165) is 5.56 Å². The fourth-order valence-corrected chi connectivity index (χ4v) is 2.04. The Balaban J connectivity index is 2.09. The average Bonchev–Trinajstić information content (AvgIpc) is 2.70. The topological polar surface area (TPSA) is 74.7 Å². The van der Waals surface area contributed by atoms with Gasteiger partial charge in [0.25, 0.3) is 0 Å². The standard InChI is InChI=1S/C14H15NO4/c1-9(14(18)19)11-4-2-10(3-5-11)8-15-12(16)6-7-13(15)17/h2-5,9H,6-8H2,1H3,(H,18,19). The summed E-state index contributed by atoms with van der Waals surface area (Å²) in [6.07, 6.45) is 0.569. The zero-order chi connectivity index (χ0) is 14.0. The molecule has 2 amide bonds. The van der Waals surface area contributed by atoms with Crippen LogP contribution in [0.25, 0.3) is 0 Å². The molecule has 1 saturated heterocycles. The van der Waals surface area contributed by atoms with Crippen LogP contribution in [0.15, 0.2) is 24.3 Å². The predicted octanol–water partition coefficient (Wildman–Crippen LogP) is 1.52. The highest BCUT2D eigenvalue weighted by atomic mass is 16.4. The first kappa shape index (κ1) is 13.3. The van der Waals surface area contributed by atoms with Gasteiger partial charge in [-0.1, -0.05) is 24.3 Å². The number of nitrogens with zero attached hydrogens (tertiary/aromatic N) is 1. The molecule has 1 atom stereocenters. The Morgan fingerprint density at radius 3 is 2.21 bits per heavy atom. The minimum atomic E-state index is -0.877. The summed E-state index contributed by atoms with van der Waals surface area (Å²) in [6, 6.07) is 6.96. The molecule has 1 heterocycles. The highest BCUT2D eigenvalue weighted by molar-refractivity contribution is 6.01. The molecule has 0 saturated carbocycles. The number of carbonyl (C=O) groups is 3. The van der Waals surface area contributed by atoms with Gasteiger partial charge in [0.15, 0.2) is 0 Å². The third-order valence-corrected chi connectivity index (χ3v) is 3.35. The predicted molar refractivity (Wildman–Crippen MR) is 67.3 cm³/mol. The molecule has 0 radical (unpaired) electrons. The van der Waals surface area contributed by atoms with Crippen molar-refractivity contribution in [1.29, 1.82) is 0 Å². The van der Waals surface area contributed by atoms with Crippen molar-refractivity contribution >= 4 is 17.8 Å². The highest BCUT2D eigenvalue weighted by Gasteiger charge is 2.28. The molecule has 5 nitrogen and oxygen atoms in total. The third kappa shape index (κ3) is 2.81. The Morgan fingerprint density at radius 1 is 1.21 bits per heavy atom. The van der Waals surface area contributed by atoms with Crippen molar-refractivity contribution in [2.75, 3.05) is 0 Å². The van der Waals surface area contributed by atoms with Gasteiger partial charge in [-0.25, -0.2) is 0 Å². The second-order valence-electron chi connectivity index (χ2n) is 4.68. The fraction of sp³-hybridized carbons (Fsp3) is 0.357. The van der Waals surface area contributed by atoms with Crippen LogP contribution >= 0.6 is 0 Å². The first-order valence-corrected chi connectivity index (χ1v) is 6.14. The maximum atomic E-state index is 11.5. The van der Waals surface area contributed by atoms with E-state index in [9.17, 15) is 14.4 Å². The van der Waals surface area contributed by atoms with E-state index >= 15 is 0 Å². The molecule has 1 aliphatic heterocycles. The third-order valence-electron chi connectivity index (χ3n) is 3.35. The molecule has 0 bridgehead atoms. The van der Waals surface area contributed by atoms with Crippen molar-refractivity contribution in [2.24, 2.45) is 0 Å². The molecule has 1 aliphatic rings.